The quantitative estimate of drug-likeness (QED) is 0.266. The molecule has 1 aromatic heterocycles. The second kappa shape index (κ2) is 10.0. The number of allylic oxidation sites excluding steroid dienone is 2. The molecule has 3 fully saturated rings. The fraction of sp³-hybridized carbons (Fsp3) is 0.312. The van der Waals surface area contributed by atoms with Crippen LogP contribution in [0.5, 0.6) is 5.75 Å². The Morgan fingerprint density at radius 3 is 2.49 bits per heavy atom. The Kier molecular flexibility index (Phi) is 6.57. The first-order chi connectivity index (χ1) is 20.5. The van der Waals surface area contributed by atoms with Crippen LogP contribution >= 0.6 is 34.5 Å². The van der Waals surface area contributed by atoms with Gasteiger partial charge in [0.25, 0.3) is 0 Å². The molecule has 11 heteroatoms. The van der Waals surface area contributed by atoms with Crippen molar-refractivity contribution in [3.05, 3.63) is 91.9 Å². The zero-order chi connectivity index (χ0) is 30.4. The van der Waals surface area contributed by atoms with Crippen molar-refractivity contribution < 1.29 is 28.7 Å². The highest BCUT2D eigenvalue weighted by Gasteiger charge is 2.67. The molecule has 6 atom stereocenters. The number of fused-ring (bicyclic) bond motifs is 4. The van der Waals surface area contributed by atoms with Crippen molar-refractivity contribution in [2.75, 3.05) is 4.90 Å². The maximum Gasteiger partial charge on any atom is 0.241 e. The maximum absolute atomic E-state index is 14.4. The molecule has 2 saturated heterocycles. The van der Waals surface area contributed by atoms with Crippen LogP contribution in [0.3, 0.4) is 0 Å². The third-order valence-corrected chi connectivity index (χ3v) is 11.2. The summed E-state index contributed by atoms with van der Waals surface area (Å²) in [6.07, 6.45) is 2.43. The molecule has 0 radical (unpaired) electrons. The number of aromatic hydroxyl groups is 1. The summed E-state index contributed by atoms with van der Waals surface area (Å²) in [4.78, 5) is 59.4. The first kappa shape index (κ1) is 28.3. The van der Waals surface area contributed by atoms with E-state index >= 15 is 0 Å². The molecule has 6 unspecified atom stereocenters. The lowest BCUT2D eigenvalue weighted by Gasteiger charge is -2.49. The van der Waals surface area contributed by atoms with Crippen molar-refractivity contribution in [1.29, 1.82) is 0 Å². The van der Waals surface area contributed by atoms with E-state index in [0.29, 0.717) is 12.0 Å². The second-order valence-electron chi connectivity index (χ2n) is 11.8. The fourth-order valence-corrected chi connectivity index (χ4v) is 8.91. The Labute approximate surface area is 260 Å². The molecule has 3 aromatic rings. The lowest BCUT2D eigenvalue weighted by Crippen LogP contribution is -2.49. The molecule has 3 heterocycles. The number of imide groups is 2. The molecule has 43 heavy (non-hydrogen) atoms. The largest absolute Gasteiger partial charge is 0.508 e. The number of likely N-dealkylation sites (tertiary alicyclic amines) is 1. The standard InChI is InChI=1S/C32H25Cl2FN2O5S/c1-32-22(29(40)37(31(32)42)15-4-9-25(35)24(34)11-15)13-21-18(27(32)19-6-5-16(38)12-23(19)33)7-8-20-26(21)30(41)36(28(20)39)14-17-3-2-10-43-17/h2-7,9-12,20-22,26-27,38H,8,13-14H2,1H3. The minimum Gasteiger partial charge on any atom is -0.508 e. The molecule has 2 aliphatic heterocycles. The molecule has 2 aliphatic carbocycles. The van der Waals surface area contributed by atoms with Gasteiger partial charge in [-0.25, -0.2) is 9.29 Å². The monoisotopic (exact) mass is 638 g/mol. The summed E-state index contributed by atoms with van der Waals surface area (Å²) in [5.74, 6) is -5.57. The molecule has 4 aliphatic rings. The van der Waals surface area contributed by atoms with Gasteiger partial charge >= 0.3 is 0 Å². The average Bonchev–Trinajstić information content (AvgIpc) is 3.62. The van der Waals surface area contributed by atoms with E-state index in [4.69, 9.17) is 23.2 Å². The van der Waals surface area contributed by atoms with Gasteiger partial charge in [0.2, 0.25) is 23.6 Å². The first-order valence-electron chi connectivity index (χ1n) is 13.9. The number of nitrogens with zero attached hydrogens (tertiary/aromatic N) is 2. The molecular formula is C32H25Cl2FN2O5S. The van der Waals surface area contributed by atoms with Crippen LogP contribution in [0.2, 0.25) is 10.0 Å². The van der Waals surface area contributed by atoms with Gasteiger partial charge in [-0.1, -0.05) is 47.0 Å². The minimum absolute atomic E-state index is 0.0577. The number of carbonyl (C=O) groups excluding carboxylic acids is 4. The van der Waals surface area contributed by atoms with E-state index in [1.807, 2.05) is 23.6 Å². The van der Waals surface area contributed by atoms with Crippen LogP contribution in [-0.4, -0.2) is 33.6 Å². The van der Waals surface area contributed by atoms with Gasteiger partial charge in [-0.3, -0.25) is 24.1 Å². The van der Waals surface area contributed by atoms with Crippen LogP contribution < -0.4 is 4.90 Å². The maximum atomic E-state index is 14.4. The number of phenolic OH excluding ortho intramolecular Hbond substituents is 1. The number of rotatable bonds is 4. The Hall–Kier alpha value is -3.53. The van der Waals surface area contributed by atoms with Gasteiger partial charge in [-0.05, 0) is 73.0 Å². The second-order valence-corrected chi connectivity index (χ2v) is 13.7. The molecule has 220 valence electrons. The topological polar surface area (TPSA) is 95.0 Å². The summed E-state index contributed by atoms with van der Waals surface area (Å²) in [6, 6.07) is 11.9. The third kappa shape index (κ3) is 4.05. The van der Waals surface area contributed by atoms with E-state index in [0.717, 1.165) is 21.4 Å². The molecule has 7 rings (SSSR count). The highest BCUT2D eigenvalue weighted by molar-refractivity contribution is 7.09. The molecule has 4 amide bonds. The van der Waals surface area contributed by atoms with Gasteiger partial charge < -0.3 is 5.11 Å². The van der Waals surface area contributed by atoms with Crippen LogP contribution in [0.25, 0.3) is 0 Å². The minimum atomic E-state index is -1.32. The molecule has 7 nitrogen and oxygen atoms in total. The van der Waals surface area contributed by atoms with Gasteiger partial charge in [0.05, 0.1) is 40.4 Å². The molecule has 2 aromatic carbocycles. The van der Waals surface area contributed by atoms with Crippen molar-refractivity contribution in [3.63, 3.8) is 0 Å². The highest BCUT2D eigenvalue weighted by atomic mass is 35.5. The van der Waals surface area contributed by atoms with E-state index in [-0.39, 0.29) is 46.3 Å². The number of hydrogen-bond acceptors (Lipinski definition) is 6. The molecule has 1 saturated carbocycles. The van der Waals surface area contributed by atoms with E-state index in [1.165, 1.54) is 40.5 Å². The number of carbonyl (C=O) groups is 4. The van der Waals surface area contributed by atoms with Gasteiger partial charge in [-0.15, -0.1) is 11.3 Å². The predicted octanol–water partition coefficient (Wildman–Crippen LogP) is 6.33. The summed E-state index contributed by atoms with van der Waals surface area (Å²) >= 11 is 14.2. The molecule has 0 bridgehead atoms. The van der Waals surface area contributed by atoms with Crippen LogP contribution in [0.4, 0.5) is 10.1 Å². The molecule has 1 N–H and O–H groups in total. The summed E-state index contributed by atoms with van der Waals surface area (Å²) < 4.78 is 14.0. The number of halogens is 3. The zero-order valence-electron chi connectivity index (χ0n) is 22.8. The van der Waals surface area contributed by atoms with Crippen LogP contribution in [-0.2, 0) is 25.7 Å². The lowest BCUT2D eigenvalue weighted by atomic mass is 9.51. The summed E-state index contributed by atoms with van der Waals surface area (Å²) in [5, 5.41) is 12.0. The summed E-state index contributed by atoms with van der Waals surface area (Å²) in [5.41, 5.74) is 0.146. The Morgan fingerprint density at radius 1 is 1.00 bits per heavy atom. The van der Waals surface area contributed by atoms with Crippen molar-refractivity contribution in [1.82, 2.24) is 4.90 Å². The summed E-state index contributed by atoms with van der Waals surface area (Å²) in [7, 11) is 0. The molecular weight excluding hydrogens is 614 g/mol. The van der Waals surface area contributed by atoms with Gasteiger partial charge in [-0.2, -0.15) is 0 Å². The Morgan fingerprint density at radius 2 is 1.79 bits per heavy atom. The van der Waals surface area contributed by atoms with E-state index < -0.39 is 52.6 Å². The number of hydrogen-bond donors (Lipinski definition) is 1. The van der Waals surface area contributed by atoms with Crippen molar-refractivity contribution in [2.45, 2.75) is 32.2 Å². The third-order valence-electron chi connectivity index (χ3n) is 9.72. The van der Waals surface area contributed by atoms with Gasteiger partial charge in [0.15, 0.2) is 0 Å². The SMILES string of the molecule is CC12C(=O)N(c3ccc(F)c(Cl)c3)C(=O)C1CC1C(=CCC3C(=O)N(Cc4cccs4)C(=O)C31)C2c1ccc(O)cc1Cl. The normalized spacial score (nSPS) is 30.0. The number of phenols is 1. The summed E-state index contributed by atoms with van der Waals surface area (Å²) in [6.45, 7) is 1.92. The number of thiophene rings is 1. The van der Waals surface area contributed by atoms with E-state index in [9.17, 15) is 28.7 Å². The van der Waals surface area contributed by atoms with Crippen LogP contribution in [0.1, 0.15) is 36.1 Å². The average molecular weight is 640 g/mol. The van der Waals surface area contributed by atoms with Crippen LogP contribution in [0.15, 0.2) is 65.6 Å². The van der Waals surface area contributed by atoms with Gasteiger partial charge in [0, 0.05) is 15.8 Å². The number of amides is 4. The number of anilines is 1. The van der Waals surface area contributed by atoms with Crippen molar-refractivity contribution >= 4 is 63.9 Å². The number of benzene rings is 2. The Bertz CT molecular complexity index is 1760. The Balaban J connectivity index is 1.36. The van der Waals surface area contributed by atoms with Crippen molar-refractivity contribution in [3.8, 4) is 5.75 Å². The zero-order valence-corrected chi connectivity index (χ0v) is 25.1. The van der Waals surface area contributed by atoms with Gasteiger partial charge in [0.1, 0.15) is 11.6 Å². The molecule has 0 spiro atoms. The smallest absolute Gasteiger partial charge is 0.241 e. The van der Waals surface area contributed by atoms with E-state index in [1.54, 1.807) is 13.0 Å². The van der Waals surface area contributed by atoms with Crippen LogP contribution in [0, 0.1) is 34.9 Å². The highest BCUT2D eigenvalue weighted by Crippen LogP contribution is 2.64. The van der Waals surface area contributed by atoms with E-state index in [2.05, 4.69) is 0 Å². The predicted molar refractivity (Wildman–Crippen MR) is 159 cm³/mol. The lowest BCUT2D eigenvalue weighted by molar-refractivity contribution is -0.141. The fourth-order valence-electron chi connectivity index (χ4n) is 7.76. The first-order valence-corrected chi connectivity index (χ1v) is 15.5. The van der Waals surface area contributed by atoms with Crippen molar-refractivity contribution in [2.24, 2.45) is 29.1 Å².